The lowest BCUT2D eigenvalue weighted by molar-refractivity contribution is 0.102. The fourth-order valence-electron chi connectivity index (χ4n) is 3.85. The number of aryl methyl sites for hydroxylation is 2. The van der Waals surface area contributed by atoms with Gasteiger partial charge in [-0.2, -0.15) is 0 Å². The molecule has 2 heterocycles. The molecule has 30 heavy (non-hydrogen) atoms. The predicted octanol–water partition coefficient (Wildman–Crippen LogP) is 5.39. The molecule has 0 radical (unpaired) electrons. The van der Waals surface area contributed by atoms with E-state index in [2.05, 4.69) is 18.2 Å². The van der Waals surface area contributed by atoms with Crippen molar-refractivity contribution in [1.29, 1.82) is 0 Å². The molecule has 0 fully saturated rings. The van der Waals surface area contributed by atoms with Gasteiger partial charge < -0.3 is 0 Å². The fraction of sp³-hybridized carbons (Fsp3) is 0.174. The normalized spacial score (nSPS) is 12.6. The zero-order chi connectivity index (χ0) is 20.8. The van der Waals surface area contributed by atoms with Crippen molar-refractivity contribution in [2.45, 2.75) is 18.0 Å². The summed E-state index contributed by atoms with van der Waals surface area (Å²) < 4.78 is 1.56. The van der Waals surface area contributed by atoms with Crippen LogP contribution in [0.2, 0.25) is 5.02 Å². The number of carbonyl (C=O) groups is 1. The summed E-state index contributed by atoms with van der Waals surface area (Å²) in [4.78, 5) is 32.4. The molecule has 0 atom stereocenters. The van der Waals surface area contributed by atoms with Crippen molar-refractivity contribution in [1.82, 2.24) is 9.55 Å². The molecular formula is C23H17ClN2O2S2. The Hall–Kier alpha value is -2.41. The molecule has 0 bridgehead atoms. The Bertz CT molecular complexity index is 1370. The third kappa shape index (κ3) is 3.29. The van der Waals surface area contributed by atoms with Gasteiger partial charge in [0.25, 0.3) is 5.56 Å². The van der Waals surface area contributed by atoms with Crippen LogP contribution in [-0.4, -0.2) is 21.1 Å². The van der Waals surface area contributed by atoms with Gasteiger partial charge >= 0.3 is 0 Å². The first-order chi connectivity index (χ1) is 14.5. The Morgan fingerprint density at radius 1 is 1.20 bits per heavy atom. The minimum Gasteiger partial charge on any atom is -0.293 e. The van der Waals surface area contributed by atoms with Crippen molar-refractivity contribution < 1.29 is 4.79 Å². The van der Waals surface area contributed by atoms with Crippen molar-refractivity contribution in [3.05, 3.63) is 80.6 Å². The number of halogens is 1. The minimum absolute atomic E-state index is 0.0451. The van der Waals surface area contributed by atoms with E-state index in [0.29, 0.717) is 15.7 Å². The van der Waals surface area contributed by atoms with Gasteiger partial charge in [-0.15, -0.1) is 11.3 Å². The summed E-state index contributed by atoms with van der Waals surface area (Å²) in [7, 11) is 1.72. The second-order valence-corrected chi connectivity index (χ2v) is 9.61. The molecule has 2 aromatic heterocycles. The molecule has 0 saturated carbocycles. The van der Waals surface area contributed by atoms with Gasteiger partial charge in [-0.3, -0.25) is 14.2 Å². The van der Waals surface area contributed by atoms with E-state index in [-0.39, 0.29) is 17.1 Å². The summed E-state index contributed by atoms with van der Waals surface area (Å²) in [5.41, 5.74) is 4.14. The average Bonchev–Trinajstić information content (AvgIpc) is 3.14. The molecule has 150 valence electrons. The average molecular weight is 453 g/mol. The highest BCUT2D eigenvalue weighted by molar-refractivity contribution is 7.99. The molecule has 1 aliphatic carbocycles. The quantitative estimate of drug-likeness (QED) is 0.236. The molecule has 0 aliphatic heterocycles. The predicted molar refractivity (Wildman–Crippen MR) is 124 cm³/mol. The first-order valence-corrected chi connectivity index (χ1v) is 11.7. The monoisotopic (exact) mass is 452 g/mol. The molecule has 0 N–H and O–H groups in total. The number of rotatable bonds is 4. The van der Waals surface area contributed by atoms with Gasteiger partial charge in [0.2, 0.25) is 0 Å². The maximum atomic E-state index is 13.2. The molecule has 2 aromatic carbocycles. The highest BCUT2D eigenvalue weighted by Gasteiger charge is 2.24. The lowest BCUT2D eigenvalue weighted by Gasteiger charge is -2.15. The van der Waals surface area contributed by atoms with E-state index in [1.807, 2.05) is 6.07 Å². The van der Waals surface area contributed by atoms with Gasteiger partial charge in [0.1, 0.15) is 4.83 Å². The van der Waals surface area contributed by atoms with Crippen LogP contribution in [0.4, 0.5) is 0 Å². The summed E-state index contributed by atoms with van der Waals surface area (Å²) in [6.07, 6.45) is 1.78. The Kier molecular flexibility index (Phi) is 5.01. The first kappa shape index (κ1) is 19.5. The first-order valence-electron chi connectivity index (χ1n) is 9.55. The second kappa shape index (κ2) is 7.69. The van der Waals surface area contributed by atoms with Gasteiger partial charge in [0.05, 0.1) is 11.1 Å². The zero-order valence-corrected chi connectivity index (χ0v) is 18.5. The van der Waals surface area contributed by atoms with Crippen LogP contribution in [0.1, 0.15) is 21.5 Å². The summed E-state index contributed by atoms with van der Waals surface area (Å²) >= 11 is 8.84. The number of fused-ring (bicyclic) bond motifs is 5. The molecule has 7 heteroatoms. The molecule has 1 aliphatic rings. The van der Waals surface area contributed by atoms with Gasteiger partial charge in [-0.1, -0.05) is 59.8 Å². The number of ketones is 1. The van der Waals surface area contributed by atoms with E-state index < -0.39 is 0 Å². The number of nitrogens with zero attached hydrogens (tertiary/aromatic N) is 2. The van der Waals surface area contributed by atoms with Gasteiger partial charge in [-0.05, 0) is 41.7 Å². The number of hydrogen-bond donors (Lipinski definition) is 0. The van der Waals surface area contributed by atoms with E-state index in [9.17, 15) is 9.59 Å². The molecule has 4 nitrogen and oxygen atoms in total. The van der Waals surface area contributed by atoms with E-state index in [0.717, 1.165) is 33.5 Å². The smallest absolute Gasteiger partial charge is 0.262 e. The fourth-order valence-corrected chi connectivity index (χ4v) is 6.23. The second-order valence-electron chi connectivity index (χ2n) is 7.23. The van der Waals surface area contributed by atoms with E-state index in [1.165, 1.54) is 22.9 Å². The van der Waals surface area contributed by atoms with E-state index in [4.69, 9.17) is 16.6 Å². The van der Waals surface area contributed by atoms with E-state index >= 15 is 0 Å². The molecule has 5 rings (SSSR count). The molecule has 4 aromatic rings. The largest absolute Gasteiger partial charge is 0.293 e. The number of carbonyl (C=O) groups excluding carboxylic acids is 1. The standard InChI is InChI=1S/C23H17ClN2O2S2/c1-26-22(28)19-17-10-9-13-5-2-3-8-16(13)20(17)30-21(19)25-23(26)29-12-18(27)14-6-4-7-15(24)11-14/h2-8,11H,9-10,12H2,1H3. The maximum Gasteiger partial charge on any atom is 0.262 e. The van der Waals surface area contributed by atoms with Crippen LogP contribution < -0.4 is 5.56 Å². The topological polar surface area (TPSA) is 52.0 Å². The highest BCUT2D eigenvalue weighted by Crippen LogP contribution is 2.42. The molecule has 0 unspecified atom stereocenters. The van der Waals surface area contributed by atoms with Crippen LogP contribution >= 0.6 is 34.7 Å². The van der Waals surface area contributed by atoms with Crippen LogP contribution in [0, 0.1) is 0 Å². The van der Waals surface area contributed by atoms with Crippen LogP contribution in [0.25, 0.3) is 20.7 Å². The van der Waals surface area contributed by atoms with E-state index in [1.54, 1.807) is 47.2 Å². The number of Topliss-reactive ketones (excluding diaryl/α,β-unsaturated/α-hetero) is 1. The number of aromatic nitrogens is 2. The van der Waals surface area contributed by atoms with Gasteiger partial charge in [-0.25, -0.2) is 4.98 Å². The molecule has 0 saturated heterocycles. The van der Waals surface area contributed by atoms with Crippen LogP contribution in [0.15, 0.2) is 58.5 Å². The number of hydrogen-bond acceptors (Lipinski definition) is 5. The molecular weight excluding hydrogens is 436 g/mol. The highest BCUT2D eigenvalue weighted by atomic mass is 35.5. The minimum atomic E-state index is -0.0467. The lowest BCUT2D eigenvalue weighted by Crippen LogP contribution is -2.21. The third-order valence-corrected chi connectivity index (χ3v) is 7.80. The lowest BCUT2D eigenvalue weighted by atomic mass is 9.90. The molecule has 0 spiro atoms. The van der Waals surface area contributed by atoms with Gasteiger partial charge in [0.15, 0.2) is 10.9 Å². The molecule has 0 amide bonds. The zero-order valence-electron chi connectivity index (χ0n) is 16.1. The van der Waals surface area contributed by atoms with Gasteiger partial charge in [0, 0.05) is 22.5 Å². The summed E-state index contributed by atoms with van der Waals surface area (Å²) in [6, 6.07) is 15.3. The summed E-state index contributed by atoms with van der Waals surface area (Å²) in [6.45, 7) is 0. The third-order valence-electron chi connectivity index (χ3n) is 5.38. The number of thiophene rings is 1. The summed E-state index contributed by atoms with van der Waals surface area (Å²) in [5, 5.41) is 1.80. The van der Waals surface area contributed by atoms with Crippen molar-refractivity contribution >= 4 is 50.7 Å². The van der Waals surface area contributed by atoms with Crippen LogP contribution in [0.5, 0.6) is 0 Å². The Balaban J connectivity index is 1.52. The van der Waals surface area contributed by atoms with Crippen molar-refractivity contribution in [3.8, 4) is 10.4 Å². The number of benzene rings is 2. The Morgan fingerprint density at radius 2 is 2.03 bits per heavy atom. The Labute approximate surface area is 186 Å². The number of thioether (sulfide) groups is 1. The summed E-state index contributed by atoms with van der Waals surface area (Å²) in [5.74, 6) is 0.149. The van der Waals surface area contributed by atoms with Crippen LogP contribution in [-0.2, 0) is 19.9 Å². The van der Waals surface area contributed by atoms with Crippen molar-refractivity contribution in [2.24, 2.45) is 7.05 Å². The Morgan fingerprint density at radius 3 is 2.87 bits per heavy atom. The SMILES string of the molecule is Cn1c(SCC(=O)c2cccc(Cl)c2)nc2sc3c(c2c1=O)CCc1ccccc1-3. The maximum absolute atomic E-state index is 13.2. The van der Waals surface area contributed by atoms with Crippen molar-refractivity contribution in [2.75, 3.05) is 5.75 Å². The van der Waals surface area contributed by atoms with Crippen molar-refractivity contribution in [3.63, 3.8) is 0 Å². The van der Waals surface area contributed by atoms with Crippen LogP contribution in [0.3, 0.4) is 0 Å².